The van der Waals surface area contributed by atoms with E-state index < -0.39 is 10.0 Å². The van der Waals surface area contributed by atoms with Crippen molar-refractivity contribution in [1.29, 1.82) is 5.26 Å². The molecule has 1 aliphatic carbocycles. The number of nitrogens with zero attached hydrogens (tertiary/aromatic N) is 3. The first-order valence-corrected chi connectivity index (χ1v) is 9.62. The summed E-state index contributed by atoms with van der Waals surface area (Å²) in [4.78, 5) is 3.94. The van der Waals surface area contributed by atoms with Crippen LogP contribution in [0.4, 0.5) is 0 Å². The van der Waals surface area contributed by atoms with E-state index in [0.717, 1.165) is 25.0 Å². The van der Waals surface area contributed by atoms with Gasteiger partial charge in [0.25, 0.3) is 0 Å². The lowest BCUT2D eigenvalue weighted by Gasteiger charge is -2.42. The van der Waals surface area contributed by atoms with Gasteiger partial charge in [-0.25, -0.2) is 13.4 Å². The Hall–Kier alpha value is -1.10. The fourth-order valence-corrected chi connectivity index (χ4v) is 6.59. The molecule has 2 heterocycles. The summed E-state index contributed by atoms with van der Waals surface area (Å²) in [6, 6.07) is 5.02. The van der Waals surface area contributed by atoms with Crippen LogP contribution in [0.3, 0.4) is 0 Å². The topological polar surface area (TPSA) is 74.1 Å². The largest absolute Gasteiger partial charge is 0.246 e. The Morgan fingerprint density at radius 3 is 3.00 bits per heavy atom. The second kappa shape index (κ2) is 5.95. The Kier molecular flexibility index (Phi) is 4.20. The molecule has 1 saturated carbocycles. The molecule has 5 nitrogen and oxygen atoms in total. The summed E-state index contributed by atoms with van der Waals surface area (Å²) < 4.78 is 27.5. The zero-order chi connectivity index (χ0) is 14.9. The van der Waals surface area contributed by atoms with E-state index in [1.807, 2.05) is 17.8 Å². The average molecular weight is 323 g/mol. The van der Waals surface area contributed by atoms with Gasteiger partial charge in [0.1, 0.15) is 11.0 Å². The molecule has 0 N–H and O–H groups in total. The predicted octanol–water partition coefficient (Wildman–Crippen LogP) is 2.00. The Labute approximate surface area is 129 Å². The third-order valence-electron chi connectivity index (χ3n) is 4.14. The van der Waals surface area contributed by atoms with Crippen LogP contribution in [0.25, 0.3) is 0 Å². The molecule has 21 heavy (non-hydrogen) atoms. The highest BCUT2D eigenvalue weighted by Crippen LogP contribution is 2.38. The monoisotopic (exact) mass is 323 g/mol. The molecule has 1 aromatic heterocycles. The lowest BCUT2D eigenvalue weighted by atomic mass is 9.95. The van der Waals surface area contributed by atoms with Gasteiger partial charge in [0.05, 0.1) is 0 Å². The van der Waals surface area contributed by atoms with Crippen molar-refractivity contribution in [3.05, 3.63) is 24.0 Å². The number of hydrogen-bond acceptors (Lipinski definition) is 5. The fourth-order valence-electron chi connectivity index (χ4n) is 3.17. The van der Waals surface area contributed by atoms with Crippen LogP contribution >= 0.6 is 11.8 Å². The van der Waals surface area contributed by atoms with Crippen LogP contribution in [0.2, 0.25) is 0 Å². The highest BCUT2D eigenvalue weighted by molar-refractivity contribution is 8.00. The van der Waals surface area contributed by atoms with Gasteiger partial charge in [0, 0.05) is 29.8 Å². The van der Waals surface area contributed by atoms with Gasteiger partial charge in [-0.1, -0.05) is 12.8 Å². The molecule has 0 aromatic carbocycles. The lowest BCUT2D eigenvalue weighted by Crippen LogP contribution is -2.51. The molecule has 1 saturated heterocycles. The van der Waals surface area contributed by atoms with Crippen molar-refractivity contribution in [3.8, 4) is 6.07 Å². The maximum atomic E-state index is 12.9. The van der Waals surface area contributed by atoms with E-state index in [1.165, 1.54) is 18.7 Å². The van der Waals surface area contributed by atoms with Crippen LogP contribution < -0.4 is 0 Å². The Bertz CT molecular complexity index is 667. The molecule has 0 radical (unpaired) electrons. The van der Waals surface area contributed by atoms with Gasteiger partial charge < -0.3 is 0 Å². The van der Waals surface area contributed by atoms with Crippen molar-refractivity contribution in [2.24, 2.45) is 0 Å². The third-order valence-corrected chi connectivity index (χ3v) is 7.50. The minimum Gasteiger partial charge on any atom is -0.244 e. The van der Waals surface area contributed by atoms with Crippen LogP contribution in [0.15, 0.2) is 23.2 Å². The van der Waals surface area contributed by atoms with Gasteiger partial charge in [-0.3, -0.25) is 0 Å². The molecule has 0 bridgehead atoms. The van der Waals surface area contributed by atoms with Crippen LogP contribution in [0, 0.1) is 11.3 Å². The van der Waals surface area contributed by atoms with Gasteiger partial charge in [-0.2, -0.15) is 21.3 Å². The van der Waals surface area contributed by atoms with Crippen molar-refractivity contribution in [3.63, 3.8) is 0 Å². The highest BCUT2D eigenvalue weighted by Gasteiger charge is 2.41. The molecule has 0 spiro atoms. The number of aromatic nitrogens is 1. The first-order valence-electron chi connectivity index (χ1n) is 7.13. The van der Waals surface area contributed by atoms with Crippen molar-refractivity contribution in [2.75, 3.05) is 12.3 Å². The minimum atomic E-state index is -3.64. The maximum absolute atomic E-state index is 12.9. The molecule has 3 rings (SSSR count). The van der Waals surface area contributed by atoms with Crippen LogP contribution in [-0.2, 0) is 10.0 Å². The quantitative estimate of drug-likeness (QED) is 0.832. The molecule has 0 unspecified atom stereocenters. The van der Waals surface area contributed by atoms with Crippen LogP contribution in [0.1, 0.15) is 31.4 Å². The van der Waals surface area contributed by atoms with Crippen molar-refractivity contribution < 1.29 is 8.42 Å². The number of pyridine rings is 1. The molecule has 2 atom stereocenters. The minimum absolute atomic E-state index is 0.0110. The van der Waals surface area contributed by atoms with Crippen molar-refractivity contribution in [1.82, 2.24) is 9.29 Å². The number of fused-ring (bicyclic) bond motifs is 1. The molecule has 1 aromatic rings. The SMILES string of the molecule is N#Cc1ncccc1S(=O)(=O)N1CCS[C@@H]2CCCC[C@@H]21. The van der Waals surface area contributed by atoms with Crippen molar-refractivity contribution >= 4 is 21.8 Å². The predicted molar refractivity (Wildman–Crippen MR) is 81.3 cm³/mol. The number of nitriles is 1. The summed E-state index contributed by atoms with van der Waals surface area (Å²) in [5.41, 5.74) is -0.0110. The summed E-state index contributed by atoms with van der Waals surface area (Å²) in [7, 11) is -3.64. The second-order valence-electron chi connectivity index (χ2n) is 5.34. The standard InChI is InChI=1S/C14H17N3O2S2/c15-10-11-14(6-3-7-16-11)21(18,19)17-8-9-20-13-5-2-1-4-12(13)17/h3,6-7,12-13H,1-2,4-5,8-9H2/t12-,13+/m0/s1. The summed E-state index contributed by atoms with van der Waals surface area (Å²) in [6.07, 6.45) is 5.70. The van der Waals surface area contributed by atoms with Crippen molar-refractivity contribution in [2.45, 2.75) is 41.9 Å². The molecular weight excluding hydrogens is 306 g/mol. The van der Waals surface area contributed by atoms with Crippen LogP contribution in [0.5, 0.6) is 0 Å². The van der Waals surface area contributed by atoms with Gasteiger partial charge in [-0.15, -0.1) is 0 Å². The zero-order valence-electron chi connectivity index (χ0n) is 11.6. The van der Waals surface area contributed by atoms with Gasteiger partial charge in [-0.05, 0) is 25.0 Å². The van der Waals surface area contributed by atoms with E-state index in [-0.39, 0.29) is 16.6 Å². The third kappa shape index (κ3) is 2.68. The lowest BCUT2D eigenvalue weighted by molar-refractivity contribution is 0.261. The molecule has 2 aliphatic rings. The van der Waals surface area contributed by atoms with Crippen LogP contribution in [-0.4, -0.2) is 41.3 Å². The van der Waals surface area contributed by atoms with Gasteiger partial charge in [0.2, 0.25) is 10.0 Å². The Morgan fingerprint density at radius 2 is 2.19 bits per heavy atom. The first-order chi connectivity index (χ1) is 10.1. The van der Waals surface area contributed by atoms with Gasteiger partial charge >= 0.3 is 0 Å². The highest BCUT2D eigenvalue weighted by atomic mass is 32.2. The average Bonchev–Trinajstić information content (AvgIpc) is 2.54. The van der Waals surface area contributed by atoms with E-state index in [1.54, 1.807) is 10.4 Å². The fraction of sp³-hybridized carbons (Fsp3) is 0.571. The summed E-state index contributed by atoms with van der Waals surface area (Å²) in [5.74, 6) is 0.822. The summed E-state index contributed by atoms with van der Waals surface area (Å²) in [6.45, 7) is 0.522. The van der Waals surface area contributed by atoms with E-state index in [0.29, 0.717) is 11.8 Å². The van der Waals surface area contributed by atoms with Gasteiger partial charge in [0.15, 0.2) is 5.69 Å². The summed E-state index contributed by atoms with van der Waals surface area (Å²) >= 11 is 1.89. The number of hydrogen-bond donors (Lipinski definition) is 0. The van der Waals surface area contributed by atoms with E-state index in [4.69, 9.17) is 5.26 Å². The van der Waals surface area contributed by atoms with E-state index >= 15 is 0 Å². The Balaban J connectivity index is 1.99. The van der Waals surface area contributed by atoms with E-state index in [9.17, 15) is 8.42 Å². The van der Waals surface area contributed by atoms with E-state index in [2.05, 4.69) is 4.98 Å². The summed E-state index contributed by atoms with van der Waals surface area (Å²) in [5, 5.41) is 9.51. The molecule has 0 amide bonds. The molecule has 112 valence electrons. The normalized spacial score (nSPS) is 26.8. The molecule has 2 fully saturated rings. The number of thioether (sulfide) groups is 1. The number of rotatable bonds is 2. The smallest absolute Gasteiger partial charge is 0.244 e. The maximum Gasteiger partial charge on any atom is 0.246 e. The second-order valence-corrected chi connectivity index (χ2v) is 8.54. The molecule has 1 aliphatic heterocycles. The zero-order valence-corrected chi connectivity index (χ0v) is 13.2. The number of sulfonamides is 1. The molecular formula is C14H17N3O2S2. The Morgan fingerprint density at radius 1 is 1.38 bits per heavy atom. The first kappa shape index (κ1) is 14.8. The molecule has 7 heteroatoms.